The van der Waals surface area contributed by atoms with E-state index in [-0.39, 0.29) is 29.8 Å². The van der Waals surface area contributed by atoms with Gasteiger partial charge in [0.2, 0.25) is 0 Å². The van der Waals surface area contributed by atoms with Crippen LogP contribution < -0.4 is 15.4 Å². The van der Waals surface area contributed by atoms with Crippen LogP contribution in [0.15, 0.2) is 53.5 Å². The Hall–Kier alpha value is -1.83. The average Bonchev–Trinajstić information content (AvgIpc) is 2.56. The maximum absolute atomic E-state index is 13.1. The van der Waals surface area contributed by atoms with Gasteiger partial charge >= 0.3 is 0 Å². The van der Waals surface area contributed by atoms with Crippen molar-refractivity contribution in [2.45, 2.75) is 13.5 Å². The lowest BCUT2D eigenvalue weighted by Gasteiger charge is -2.12. The molecule has 2 rings (SSSR count). The Morgan fingerprint density at radius 3 is 2.54 bits per heavy atom. The van der Waals surface area contributed by atoms with E-state index < -0.39 is 0 Å². The smallest absolute Gasteiger partial charge is 0.191 e. The Morgan fingerprint density at radius 2 is 1.88 bits per heavy atom. The molecule has 0 saturated heterocycles. The lowest BCUT2D eigenvalue weighted by Crippen LogP contribution is -2.38. The molecule has 0 aliphatic rings. The summed E-state index contributed by atoms with van der Waals surface area (Å²) in [5.74, 6) is 1.26. The second-order valence-electron chi connectivity index (χ2n) is 5.14. The molecule has 0 amide bonds. The van der Waals surface area contributed by atoms with Crippen LogP contribution in [-0.2, 0) is 6.54 Å². The third-order valence-electron chi connectivity index (χ3n) is 3.26. The molecule has 0 spiro atoms. The van der Waals surface area contributed by atoms with Crippen LogP contribution >= 0.6 is 24.0 Å². The Balaban J connectivity index is 0.00000288. The number of halogens is 2. The first kappa shape index (κ1) is 20.2. The number of hydrogen-bond acceptors (Lipinski definition) is 2. The van der Waals surface area contributed by atoms with Crippen molar-refractivity contribution in [2.75, 3.05) is 20.2 Å². The number of aliphatic imine (C=N–C) groups is 1. The summed E-state index contributed by atoms with van der Waals surface area (Å²) >= 11 is 0. The van der Waals surface area contributed by atoms with Gasteiger partial charge in [-0.1, -0.05) is 29.8 Å². The molecule has 0 aliphatic carbocycles. The molecular weight excluding hydrogens is 420 g/mol. The Kier molecular flexibility index (Phi) is 9.14. The molecular formula is C18H23FIN3O. The Labute approximate surface area is 159 Å². The van der Waals surface area contributed by atoms with E-state index in [2.05, 4.69) is 15.6 Å². The van der Waals surface area contributed by atoms with Gasteiger partial charge in [0.1, 0.15) is 18.2 Å². The number of benzene rings is 2. The van der Waals surface area contributed by atoms with Crippen molar-refractivity contribution in [2.24, 2.45) is 4.99 Å². The fourth-order valence-electron chi connectivity index (χ4n) is 2.03. The van der Waals surface area contributed by atoms with E-state index in [1.54, 1.807) is 13.1 Å². The van der Waals surface area contributed by atoms with Crippen molar-refractivity contribution in [1.82, 2.24) is 10.6 Å². The van der Waals surface area contributed by atoms with Crippen LogP contribution in [0.25, 0.3) is 0 Å². The van der Waals surface area contributed by atoms with Crippen LogP contribution in [0.2, 0.25) is 0 Å². The number of hydrogen-bond donors (Lipinski definition) is 2. The summed E-state index contributed by atoms with van der Waals surface area (Å²) in [6.07, 6.45) is 0. The summed E-state index contributed by atoms with van der Waals surface area (Å²) in [6, 6.07) is 14.4. The van der Waals surface area contributed by atoms with Crippen LogP contribution in [0, 0.1) is 12.7 Å². The average molecular weight is 443 g/mol. The van der Waals surface area contributed by atoms with Crippen LogP contribution in [0.1, 0.15) is 11.1 Å². The predicted molar refractivity (Wildman–Crippen MR) is 107 cm³/mol. The second-order valence-corrected chi connectivity index (χ2v) is 5.14. The molecule has 130 valence electrons. The predicted octanol–water partition coefficient (Wildman–Crippen LogP) is 3.50. The number of nitrogens with zero attached hydrogens (tertiary/aromatic N) is 1. The number of rotatable bonds is 6. The first-order chi connectivity index (χ1) is 11.2. The summed E-state index contributed by atoms with van der Waals surface area (Å²) in [6.45, 7) is 3.70. The number of aryl methyl sites for hydroxylation is 1. The molecule has 0 aliphatic heterocycles. The Morgan fingerprint density at radius 1 is 1.12 bits per heavy atom. The van der Waals surface area contributed by atoms with Crippen molar-refractivity contribution in [3.8, 4) is 5.75 Å². The standard InChI is InChI=1S/C18H22FN3O.HI/c1-14-6-8-17(9-7-14)23-11-10-21-18(20-2)22-13-15-4-3-5-16(19)12-15;/h3-9,12H,10-11,13H2,1-2H3,(H2,20,21,22);1H. The first-order valence-corrected chi connectivity index (χ1v) is 7.56. The highest BCUT2D eigenvalue weighted by molar-refractivity contribution is 14.0. The summed E-state index contributed by atoms with van der Waals surface area (Å²) in [7, 11) is 1.70. The SMILES string of the molecule is CN=C(NCCOc1ccc(C)cc1)NCc1cccc(F)c1.I. The van der Waals surface area contributed by atoms with E-state index in [9.17, 15) is 4.39 Å². The van der Waals surface area contributed by atoms with Gasteiger partial charge in [-0.05, 0) is 36.8 Å². The van der Waals surface area contributed by atoms with Gasteiger partial charge in [-0.2, -0.15) is 0 Å². The molecule has 0 atom stereocenters. The van der Waals surface area contributed by atoms with Crippen molar-refractivity contribution in [3.63, 3.8) is 0 Å². The molecule has 0 saturated carbocycles. The fraction of sp³-hybridized carbons (Fsp3) is 0.278. The molecule has 6 heteroatoms. The summed E-state index contributed by atoms with van der Waals surface area (Å²) in [5, 5.41) is 6.29. The van der Waals surface area contributed by atoms with Crippen molar-refractivity contribution in [3.05, 3.63) is 65.5 Å². The van der Waals surface area contributed by atoms with Gasteiger partial charge in [-0.3, -0.25) is 4.99 Å². The van der Waals surface area contributed by atoms with Crippen LogP contribution in [0.3, 0.4) is 0 Å². The third kappa shape index (κ3) is 7.16. The largest absolute Gasteiger partial charge is 0.492 e. The zero-order valence-corrected chi connectivity index (χ0v) is 16.2. The summed E-state index contributed by atoms with van der Waals surface area (Å²) in [5.41, 5.74) is 2.07. The van der Waals surface area contributed by atoms with Gasteiger partial charge < -0.3 is 15.4 Å². The molecule has 2 aromatic carbocycles. The van der Waals surface area contributed by atoms with Crippen molar-refractivity contribution < 1.29 is 9.13 Å². The second kappa shape index (κ2) is 10.9. The molecule has 0 heterocycles. The van der Waals surface area contributed by atoms with Gasteiger partial charge in [0, 0.05) is 13.6 Å². The van der Waals surface area contributed by atoms with Crippen LogP contribution in [0.4, 0.5) is 4.39 Å². The lowest BCUT2D eigenvalue weighted by molar-refractivity contribution is 0.322. The van der Waals surface area contributed by atoms with E-state index >= 15 is 0 Å². The molecule has 4 nitrogen and oxygen atoms in total. The molecule has 0 aromatic heterocycles. The Bertz CT molecular complexity index is 647. The van der Waals surface area contributed by atoms with E-state index in [0.29, 0.717) is 25.7 Å². The van der Waals surface area contributed by atoms with E-state index in [4.69, 9.17) is 4.74 Å². The summed E-state index contributed by atoms with van der Waals surface area (Å²) in [4.78, 5) is 4.13. The number of ether oxygens (including phenoxy) is 1. The minimum atomic E-state index is -0.237. The first-order valence-electron chi connectivity index (χ1n) is 7.56. The minimum Gasteiger partial charge on any atom is -0.492 e. The molecule has 2 N–H and O–H groups in total. The quantitative estimate of drug-likeness (QED) is 0.311. The number of guanidine groups is 1. The van der Waals surface area contributed by atoms with Crippen LogP contribution in [0.5, 0.6) is 5.75 Å². The monoisotopic (exact) mass is 443 g/mol. The molecule has 0 fully saturated rings. The lowest BCUT2D eigenvalue weighted by atomic mass is 10.2. The van der Waals surface area contributed by atoms with E-state index in [0.717, 1.165) is 11.3 Å². The van der Waals surface area contributed by atoms with Crippen molar-refractivity contribution >= 4 is 29.9 Å². The maximum Gasteiger partial charge on any atom is 0.191 e. The van der Waals surface area contributed by atoms with Crippen molar-refractivity contribution in [1.29, 1.82) is 0 Å². The highest BCUT2D eigenvalue weighted by Gasteiger charge is 2.00. The van der Waals surface area contributed by atoms with Gasteiger partial charge in [-0.15, -0.1) is 24.0 Å². The van der Waals surface area contributed by atoms with Crippen LogP contribution in [-0.4, -0.2) is 26.2 Å². The van der Waals surface area contributed by atoms with Gasteiger partial charge in [0.05, 0.1) is 6.54 Å². The normalized spacial score (nSPS) is 10.7. The highest BCUT2D eigenvalue weighted by atomic mass is 127. The van der Waals surface area contributed by atoms with E-state index in [1.165, 1.54) is 17.7 Å². The highest BCUT2D eigenvalue weighted by Crippen LogP contribution is 2.10. The number of nitrogens with one attached hydrogen (secondary N) is 2. The fourth-order valence-corrected chi connectivity index (χ4v) is 2.03. The molecule has 2 aromatic rings. The van der Waals surface area contributed by atoms with Gasteiger partial charge in [-0.25, -0.2) is 4.39 Å². The topological polar surface area (TPSA) is 45.7 Å². The summed E-state index contributed by atoms with van der Waals surface area (Å²) < 4.78 is 18.8. The molecule has 24 heavy (non-hydrogen) atoms. The molecule has 0 unspecified atom stereocenters. The zero-order chi connectivity index (χ0) is 16.5. The van der Waals surface area contributed by atoms with Gasteiger partial charge in [0.15, 0.2) is 5.96 Å². The molecule has 0 bridgehead atoms. The third-order valence-corrected chi connectivity index (χ3v) is 3.26. The minimum absolute atomic E-state index is 0. The van der Waals surface area contributed by atoms with Gasteiger partial charge in [0.25, 0.3) is 0 Å². The van der Waals surface area contributed by atoms with E-state index in [1.807, 2.05) is 37.3 Å². The maximum atomic E-state index is 13.1. The molecule has 0 radical (unpaired) electrons. The zero-order valence-electron chi connectivity index (χ0n) is 13.9.